The second-order valence-corrected chi connectivity index (χ2v) is 11.7. The predicted octanol–water partition coefficient (Wildman–Crippen LogP) is 4.00. The van der Waals surface area contributed by atoms with Gasteiger partial charge in [0, 0.05) is 6.54 Å². The highest BCUT2D eigenvalue weighted by Crippen LogP contribution is 2.48. The van der Waals surface area contributed by atoms with Gasteiger partial charge < -0.3 is 20.3 Å². The van der Waals surface area contributed by atoms with Crippen LogP contribution in [0.5, 0.6) is 0 Å². The van der Waals surface area contributed by atoms with E-state index >= 15 is 0 Å². The Morgan fingerprint density at radius 3 is 2.33 bits per heavy atom. The average Bonchev–Trinajstić information content (AvgIpc) is 3.48. The van der Waals surface area contributed by atoms with Crippen LogP contribution < -0.4 is 10.6 Å². The number of fused-ring (bicyclic) bond motifs is 2. The fraction of sp³-hybridized carbons (Fsp3) is 0.318. The van der Waals surface area contributed by atoms with Crippen molar-refractivity contribution in [1.82, 2.24) is 10.2 Å². The lowest BCUT2D eigenvalue weighted by atomic mass is 10.0. The summed E-state index contributed by atoms with van der Waals surface area (Å²) in [5, 5.41) is 5.47. The first kappa shape index (κ1) is 24.0. The Morgan fingerprint density at radius 1 is 1.15 bits per heavy atom. The molecule has 2 amide bonds. The molecule has 0 saturated carbocycles. The third-order valence-electron chi connectivity index (χ3n) is 5.29. The molecule has 11 heteroatoms. The first-order valence-electron chi connectivity index (χ1n) is 10.0. The molecule has 3 aliphatic rings. The number of benzene rings is 2. The summed E-state index contributed by atoms with van der Waals surface area (Å²) < 4.78 is 1.56. The van der Waals surface area contributed by atoms with Crippen LogP contribution in [-0.2, 0) is 25.5 Å². The fourth-order valence-corrected chi connectivity index (χ4v) is 5.32. The molecule has 2 aromatic rings. The van der Waals surface area contributed by atoms with E-state index in [9.17, 15) is 14.4 Å². The van der Waals surface area contributed by atoms with Crippen LogP contribution in [0.1, 0.15) is 12.5 Å². The van der Waals surface area contributed by atoms with Gasteiger partial charge in [-0.25, -0.2) is 0 Å². The highest BCUT2D eigenvalue weighted by molar-refractivity contribution is 8.02. The number of hydrogen-bond donors (Lipinski definition) is 2. The fourth-order valence-electron chi connectivity index (χ4n) is 3.60. The molecular formula is C22H20Cl3N3O4S. The molecule has 2 fully saturated rings. The summed E-state index contributed by atoms with van der Waals surface area (Å²) in [6.07, 6.45) is 0.175. The van der Waals surface area contributed by atoms with E-state index in [1.807, 2.05) is 42.5 Å². The third-order valence-corrected chi connectivity index (χ3v) is 7.11. The SMILES string of the molecule is CC1(C(=O)OC(Cl)(Cl)Cl)CN2C(=O)C(NC(=O)Cc3ccccc3)[C@H]2S1.c1ccc2c(c1)N2. The van der Waals surface area contributed by atoms with Gasteiger partial charge in [-0.15, -0.1) is 11.8 Å². The maximum absolute atomic E-state index is 12.3. The Morgan fingerprint density at radius 2 is 1.76 bits per heavy atom. The Bertz CT molecular complexity index is 1060. The molecule has 2 unspecified atom stereocenters. The molecule has 0 aromatic heterocycles. The number of hydrogen-bond acceptors (Lipinski definition) is 6. The first-order chi connectivity index (χ1) is 15.6. The molecule has 174 valence electrons. The number of carbonyl (C=O) groups excluding carboxylic acids is 3. The van der Waals surface area contributed by atoms with Gasteiger partial charge in [-0.1, -0.05) is 42.5 Å². The van der Waals surface area contributed by atoms with Crippen molar-refractivity contribution in [1.29, 1.82) is 0 Å². The number of β-lactam (4-membered cyclic amide) rings is 1. The van der Waals surface area contributed by atoms with Gasteiger partial charge in [-0.2, -0.15) is 0 Å². The summed E-state index contributed by atoms with van der Waals surface area (Å²) in [6.45, 7) is 1.75. The normalized spacial score (nSPS) is 24.2. The minimum absolute atomic E-state index is 0.131. The van der Waals surface area contributed by atoms with E-state index < -0.39 is 20.7 Å². The molecule has 0 spiro atoms. The number of halogens is 3. The van der Waals surface area contributed by atoms with Gasteiger partial charge in [0.15, 0.2) is 0 Å². The third kappa shape index (κ3) is 5.69. The number of nitrogens with zero attached hydrogens (tertiary/aromatic N) is 1. The molecule has 3 atom stereocenters. The van der Waals surface area contributed by atoms with Crippen LogP contribution in [0, 0.1) is 0 Å². The lowest BCUT2D eigenvalue weighted by Gasteiger charge is -2.41. The highest BCUT2D eigenvalue weighted by atomic mass is 35.6. The molecule has 2 aromatic carbocycles. The van der Waals surface area contributed by atoms with Crippen molar-refractivity contribution in [2.45, 2.75) is 33.5 Å². The van der Waals surface area contributed by atoms with E-state index in [2.05, 4.69) is 22.8 Å². The van der Waals surface area contributed by atoms with Crippen LogP contribution in [0.4, 0.5) is 11.4 Å². The van der Waals surface area contributed by atoms with Crippen molar-refractivity contribution in [3.63, 3.8) is 0 Å². The number of anilines is 2. The highest BCUT2D eigenvalue weighted by Gasteiger charge is 2.61. The second kappa shape index (κ2) is 9.25. The smallest absolute Gasteiger partial charge is 0.340 e. The van der Waals surface area contributed by atoms with Crippen molar-refractivity contribution in [3.8, 4) is 0 Å². The minimum atomic E-state index is -2.16. The quantitative estimate of drug-likeness (QED) is 0.230. The molecule has 33 heavy (non-hydrogen) atoms. The number of carbonyl (C=O) groups is 3. The maximum atomic E-state index is 12.3. The van der Waals surface area contributed by atoms with Gasteiger partial charge in [-0.3, -0.25) is 14.4 Å². The second-order valence-electron chi connectivity index (χ2n) is 7.92. The number of alkyl halides is 3. The van der Waals surface area contributed by atoms with E-state index in [1.54, 1.807) is 6.92 Å². The van der Waals surface area contributed by atoms with Crippen LogP contribution in [0.2, 0.25) is 0 Å². The summed E-state index contributed by atoms with van der Waals surface area (Å²) in [4.78, 5) is 38.3. The predicted molar refractivity (Wildman–Crippen MR) is 130 cm³/mol. The van der Waals surface area contributed by atoms with E-state index in [0.717, 1.165) is 5.56 Å². The monoisotopic (exact) mass is 527 g/mol. The average molecular weight is 529 g/mol. The number of rotatable bonds is 4. The van der Waals surface area contributed by atoms with Crippen molar-refractivity contribution in [3.05, 3.63) is 60.2 Å². The van der Waals surface area contributed by atoms with Gasteiger partial charge >= 0.3 is 9.95 Å². The summed E-state index contributed by atoms with van der Waals surface area (Å²) in [6, 6.07) is 16.7. The number of para-hydroxylation sites is 2. The van der Waals surface area contributed by atoms with Crippen LogP contribution in [-0.4, -0.2) is 49.4 Å². The topological polar surface area (TPSA) is 97.7 Å². The van der Waals surface area contributed by atoms with Gasteiger partial charge in [0.25, 0.3) is 0 Å². The zero-order valence-corrected chi connectivity index (χ0v) is 20.5. The molecule has 0 bridgehead atoms. The van der Waals surface area contributed by atoms with E-state index in [0.29, 0.717) is 0 Å². The largest absolute Gasteiger partial charge is 0.413 e. The lowest BCUT2D eigenvalue weighted by molar-refractivity contribution is -0.151. The standard InChI is InChI=1S/C16H15Cl3N2O4S.C6H5N/c1-15(14(24)25-16(17,18)19)8-21-12(23)11(13(21)26-15)20-10(22)7-9-5-3-2-4-6-9;1-2-4-6-5(3-1)7-6/h2-6,11,13H,7-8H2,1H3,(H,20,22);1-4,7H/t11?,13-,15?;/m1./s1. The number of nitrogens with one attached hydrogen (secondary N) is 2. The summed E-state index contributed by atoms with van der Waals surface area (Å²) >= 11 is 17.7. The van der Waals surface area contributed by atoms with E-state index in [4.69, 9.17) is 39.5 Å². The number of ether oxygens (including phenoxy) is 1. The lowest BCUT2D eigenvalue weighted by Crippen LogP contribution is -2.67. The van der Waals surface area contributed by atoms with Crippen LogP contribution in [0.3, 0.4) is 0 Å². The van der Waals surface area contributed by atoms with Crippen LogP contribution >= 0.6 is 46.6 Å². The van der Waals surface area contributed by atoms with Crippen LogP contribution in [0.15, 0.2) is 54.6 Å². The van der Waals surface area contributed by atoms with Crippen molar-refractivity contribution >= 4 is 75.7 Å². The maximum Gasteiger partial charge on any atom is 0.340 e. The number of thioether (sulfide) groups is 1. The molecule has 2 saturated heterocycles. The number of amides is 2. The summed E-state index contributed by atoms with van der Waals surface area (Å²) in [5.74, 6) is -1.22. The molecule has 0 radical (unpaired) electrons. The van der Waals surface area contributed by atoms with Gasteiger partial charge in [-0.05, 0) is 59.4 Å². The van der Waals surface area contributed by atoms with Gasteiger partial charge in [0.05, 0.1) is 17.8 Å². The zero-order chi connectivity index (χ0) is 23.8. The Labute approximate surface area is 210 Å². The van der Waals surface area contributed by atoms with Crippen molar-refractivity contribution < 1.29 is 19.1 Å². The summed E-state index contributed by atoms with van der Waals surface area (Å²) in [5.41, 5.74) is 3.41. The molecule has 7 nitrogen and oxygen atoms in total. The molecule has 2 N–H and O–H groups in total. The molecular weight excluding hydrogens is 509 g/mol. The molecule has 3 heterocycles. The van der Waals surface area contributed by atoms with Crippen LogP contribution in [0.25, 0.3) is 0 Å². The van der Waals surface area contributed by atoms with Crippen molar-refractivity contribution in [2.24, 2.45) is 0 Å². The van der Waals surface area contributed by atoms with Gasteiger partial charge in [0.2, 0.25) is 11.8 Å². The van der Waals surface area contributed by atoms with E-state index in [-0.39, 0.29) is 30.2 Å². The van der Waals surface area contributed by atoms with E-state index in [1.165, 1.54) is 28.0 Å². The molecule has 0 aliphatic carbocycles. The minimum Gasteiger partial charge on any atom is -0.413 e. The Balaban J connectivity index is 0.000000310. The van der Waals surface area contributed by atoms with Crippen molar-refractivity contribution in [2.75, 3.05) is 11.9 Å². The first-order valence-corrected chi connectivity index (χ1v) is 12.0. The Kier molecular flexibility index (Phi) is 6.73. The summed E-state index contributed by atoms with van der Waals surface area (Å²) in [7, 11) is 0. The zero-order valence-electron chi connectivity index (χ0n) is 17.4. The molecule has 3 aliphatic heterocycles. The van der Waals surface area contributed by atoms with Gasteiger partial charge in [0.1, 0.15) is 16.2 Å². The number of esters is 1. The molecule has 5 rings (SSSR count). The Hall–Kier alpha value is -2.13.